The van der Waals surface area contributed by atoms with E-state index in [1.165, 1.54) is 55.9 Å². The minimum atomic E-state index is 0.115. The van der Waals surface area contributed by atoms with Gasteiger partial charge in [-0.25, -0.2) is 0 Å². The van der Waals surface area contributed by atoms with Crippen LogP contribution < -0.4 is 5.32 Å². The number of benzene rings is 1. The van der Waals surface area contributed by atoms with E-state index in [-0.39, 0.29) is 11.9 Å². The van der Waals surface area contributed by atoms with Crippen LogP contribution in [0.3, 0.4) is 0 Å². The molecule has 1 aromatic heterocycles. The van der Waals surface area contributed by atoms with Crippen LogP contribution in [0.4, 0.5) is 0 Å². The highest BCUT2D eigenvalue weighted by atomic mass is 32.2. The number of nitrogens with one attached hydrogen (secondary N) is 1. The van der Waals surface area contributed by atoms with E-state index in [9.17, 15) is 4.79 Å². The highest BCUT2D eigenvalue weighted by Crippen LogP contribution is 2.61. The van der Waals surface area contributed by atoms with Crippen molar-refractivity contribution in [3.63, 3.8) is 0 Å². The Morgan fingerprint density at radius 3 is 2.43 bits per heavy atom. The van der Waals surface area contributed by atoms with Gasteiger partial charge in [0.2, 0.25) is 5.91 Å². The lowest BCUT2D eigenvalue weighted by atomic mass is 9.48. The Kier molecular flexibility index (Phi) is 5.16. The van der Waals surface area contributed by atoms with Gasteiger partial charge in [-0.1, -0.05) is 36.0 Å². The first-order valence-electron chi connectivity index (χ1n) is 11.3. The average Bonchev–Trinajstić information content (AvgIpc) is 3.06. The summed E-state index contributed by atoms with van der Waals surface area (Å²) >= 11 is 1.47. The second kappa shape index (κ2) is 7.70. The van der Waals surface area contributed by atoms with Gasteiger partial charge in [-0.05, 0) is 81.1 Å². The van der Waals surface area contributed by atoms with Crippen molar-refractivity contribution in [3.05, 3.63) is 29.8 Å². The fraction of sp³-hybridized carbons (Fsp3) is 0.625. The molecule has 1 heterocycles. The monoisotopic (exact) mass is 424 g/mol. The highest BCUT2D eigenvalue weighted by Gasteiger charge is 2.53. The first kappa shape index (κ1) is 20.1. The summed E-state index contributed by atoms with van der Waals surface area (Å²) in [6, 6.07) is 8.45. The first-order valence-corrected chi connectivity index (χ1v) is 12.3. The van der Waals surface area contributed by atoms with Crippen LogP contribution in [0.25, 0.3) is 11.4 Å². The SMILES string of the molecule is Cc1ccccc1-c1nnc(SCC(=O)N[C@@H](C)C23CC4CC(CC(C4)C2)C3)n1C. The summed E-state index contributed by atoms with van der Waals surface area (Å²) in [5, 5.41) is 12.8. The van der Waals surface area contributed by atoms with Crippen molar-refractivity contribution >= 4 is 17.7 Å². The molecule has 4 saturated carbocycles. The molecule has 1 amide bonds. The van der Waals surface area contributed by atoms with Crippen LogP contribution in [0.2, 0.25) is 0 Å². The third kappa shape index (κ3) is 3.57. The zero-order valence-electron chi connectivity index (χ0n) is 18.2. The molecule has 160 valence electrons. The number of nitrogens with zero attached hydrogens (tertiary/aromatic N) is 3. The quantitative estimate of drug-likeness (QED) is 0.688. The van der Waals surface area contributed by atoms with E-state index in [4.69, 9.17) is 0 Å². The second-order valence-electron chi connectivity index (χ2n) is 10.0. The number of thioether (sulfide) groups is 1. The van der Waals surface area contributed by atoms with Crippen molar-refractivity contribution in [2.75, 3.05) is 5.75 Å². The smallest absolute Gasteiger partial charge is 0.230 e. The minimum Gasteiger partial charge on any atom is -0.352 e. The molecule has 4 aliphatic carbocycles. The number of aryl methyl sites for hydroxylation is 1. The van der Waals surface area contributed by atoms with Crippen LogP contribution in [0, 0.1) is 30.1 Å². The first-order chi connectivity index (χ1) is 14.4. The van der Waals surface area contributed by atoms with E-state index >= 15 is 0 Å². The number of amides is 1. The highest BCUT2D eigenvalue weighted by molar-refractivity contribution is 7.99. The van der Waals surface area contributed by atoms with Gasteiger partial charge in [-0.15, -0.1) is 10.2 Å². The van der Waals surface area contributed by atoms with Crippen molar-refractivity contribution in [1.82, 2.24) is 20.1 Å². The fourth-order valence-corrected chi connectivity index (χ4v) is 7.50. The Morgan fingerprint density at radius 1 is 1.17 bits per heavy atom. The van der Waals surface area contributed by atoms with E-state index in [0.717, 1.165) is 34.3 Å². The molecule has 4 bridgehead atoms. The van der Waals surface area contributed by atoms with Gasteiger partial charge in [0.15, 0.2) is 11.0 Å². The molecule has 4 aliphatic rings. The maximum atomic E-state index is 12.8. The van der Waals surface area contributed by atoms with E-state index in [1.54, 1.807) is 0 Å². The van der Waals surface area contributed by atoms with Crippen LogP contribution >= 0.6 is 11.8 Å². The van der Waals surface area contributed by atoms with Gasteiger partial charge in [-0.3, -0.25) is 4.79 Å². The number of aromatic nitrogens is 3. The molecule has 0 saturated heterocycles. The third-order valence-electron chi connectivity index (χ3n) is 7.93. The van der Waals surface area contributed by atoms with Gasteiger partial charge < -0.3 is 9.88 Å². The Balaban J connectivity index is 1.21. The van der Waals surface area contributed by atoms with Gasteiger partial charge in [-0.2, -0.15) is 0 Å². The second-order valence-corrected chi connectivity index (χ2v) is 11.0. The third-order valence-corrected chi connectivity index (χ3v) is 8.96. The summed E-state index contributed by atoms with van der Waals surface area (Å²) in [4.78, 5) is 12.8. The van der Waals surface area contributed by atoms with Gasteiger partial charge in [0.25, 0.3) is 0 Å². The van der Waals surface area contributed by atoms with Crippen molar-refractivity contribution in [1.29, 1.82) is 0 Å². The molecule has 1 N–H and O–H groups in total. The van der Waals surface area contributed by atoms with Crippen LogP contribution in [-0.2, 0) is 11.8 Å². The van der Waals surface area contributed by atoms with E-state index in [2.05, 4.69) is 41.5 Å². The van der Waals surface area contributed by atoms with Crippen LogP contribution in [0.1, 0.15) is 51.0 Å². The lowest BCUT2D eigenvalue weighted by Gasteiger charge is -2.59. The molecule has 1 atom stereocenters. The zero-order valence-corrected chi connectivity index (χ0v) is 19.0. The topological polar surface area (TPSA) is 59.8 Å². The largest absolute Gasteiger partial charge is 0.352 e. The number of carbonyl (C=O) groups excluding carboxylic acids is 1. The maximum absolute atomic E-state index is 12.8. The summed E-state index contributed by atoms with van der Waals surface area (Å²) in [6.45, 7) is 4.32. The molecular formula is C24H32N4OS. The molecule has 0 radical (unpaired) electrons. The molecule has 6 heteroatoms. The molecular weight excluding hydrogens is 392 g/mol. The summed E-state index contributed by atoms with van der Waals surface area (Å²) in [6.07, 6.45) is 8.26. The Hall–Kier alpha value is -1.82. The minimum absolute atomic E-state index is 0.115. The molecule has 0 spiro atoms. The number of hydrogen-bond donors (Lipinski definition) is 1. The predicted molar refractivity (Wildman–Crippen MR) is 120 cm³/mol. The van der Waals surface area contributed by atoms with Crippen LogP contribution in [0.15, 0.2) is 29.4 Å². The van der Waals surface area contributed by atoms with Crippen LogP contribution in [0.5, 0.6) is 0 Å². The Bertz CT molecular complexity index is 917. The van der Waals surface area contributed by atoms with E-state index in [1.807, 2.05) is 23.7 Å². The van der Waals surface area contributed by atoms with Crippen molar-refractivity contribution in [3.8, 4) is 11.4 Å². The number of hydrogen-bond acceptors (Lipinski definition) is 4. The molecule has 2 aromatic rings. The molecule has 4 fully saturated rings. The predicted octanol–water partition coefficient (Wildman–Crippen LogP) is 4.60. The molecule has 30 heavy (non-hydrogen) atoms. The van der Waals surface area contributed by atoms with Gasteiger partial charge >= 0.3 is 0 Å². The molecule has 6 rings (SSSR count). The van der Waals surface area contributed by atoms with Crippen LogP contribution in [-0.4, -0.2) is 32.5 Å². The van der Waals surface area contributed by atoms with Gasteiger partial charge in [0.05, 0.1) is 5.75 Å². The van der Waals surface area contributed by atoms with Gasteiger partial charge in [0, 0.05) is 18.7 Å². The normalized spacial score (nSPS) is 30.4. The summed E-state index contributed by atoms with van der Waals surface area (Å²) in [7, 11) is 1.97. The summed E-state index contributed by atoms with van der Waals surface area (Å²) < 4.78 is 1.99. The fourth-order valence-electron chi connectivity index (χ4n) is 6.77. The standard InChI is InChI=1S/C24H32N4OS/c1-15-6-4-5-7-20(15)22-26-27-23(28(22)3)30-14-21(29)25-16(2)24-11-17-8-18(12-24)10-19(9-17)13-24/h4-7,16-19H,8-14H2,1-3H3,(H,25,29)/t16-,17?,18?,19?,24?/m0/s1. The summed E-state index contributed by atoms with van der Waals surface area (Å²) in [5.74, 6) is 4.06. The van der Waals surface area contributed by atoms with E-state index in [0.29, 0.717) is 11.2 Å². The molecule has 0 unspecified atom stereocenters. The lowest BCUT2D eigenvalue weighted by Crippen LogP contribution is -2.56. The number of carbonyl (C=O) groups is 1. The molecule has 0 aliphatic heterocycles. The zero-order chi connectivity index (χ0) is 20.9. The lowest BCUT2D eigenvalue weighted by molar-refractivity contribution is -0.123. The molecule has 1 aromatic carbocycles. The Labute approximate surface area is 183 Å². The molecule has 5 nitrogen and oxygen atoms in total. The van der Waals surface area contributed by atoms with Crippen molar-refractivity contribution < 1.29 is 4.79 Å². The average molecular weight is 425 g/mol. The summed E-state index contributed by atoms with van der Waals surface area (Å²) in [5.41, 5.74) is 2.60. The van der Waals surface area contributed by atoms with Crippen molar-refractivity contribution in [2.24, 2.45) is 30.2 Å². The van der Waals surface area contributed by atoms with Crippen molar-refractivity contribution in [2.45, 2.75) is 63.6 Å². The van der Waals surface area contributed by atoms with Gasteiger partial charge in [0.1, 0.15) is 0 Å². The maximum Gasteiger partial charge on any atom is 0.230 e. The number of rotatable bonds is 6. The Morgan fingerprint density at radius 2 is 1.80 bits per heavy atom. The van der Waals surface area contributed by atoms with E-state index < -0.39 is 0 Å².